The Morgan fingerprint density at radius 2 is 0.722 bits per heavy atom. The van der Waals surface area contributed by atoms with Crippen molar-refractivity contribution >= 4 is 47.7 Å². The van der Waals surface area contributed by atoms with Crippen LogP contribution in [0, 0.1) is 0 Å². The van der Waals surface area contributed by atoms with E-state index in [1.165, 1.54) is 12.4 Å². The predicted molar refractivity (Wildman–Crippen MR) is 145 cm³/mol. The third kappa shape index (κ3) is 8.98. The predicted octanol–water partition coefficient (Wildman–Crippen LogP) is -2.17. The van der Waals surface area contributed by atoms with Crippen molar-refractivity contribution in [2.75, 3.05) is 0 Å². The fourth-order valence-electron chi connectivity index (χ4n) is 2.51. The van der Waals surface area contributed by atoms with E-state index in [1.807, 2.05) is 24.3 Å². The van der Waals surface area contributed by atoms with Crippen LogP contribution in [0.5, 0.6) is 0 Å². The van der Waals surface area contributed by atoms with Crippen LogP contribution in [-0.4, -0.2) is 47.7 Å². The maximum atomic E-state index is 5.36. The van der Waals surface area contributed by atoms with Gasteiger partial charge < -0.3 is 45.9 Å². The van der Waals surface area contributed by atoms with E-state index in [1.54, 1.807) is 24.3 Å². The van der Waals surface area contributed by atoms with Gasteiger partial charge in [-0.1, -0.05) is 48.5 Å². The third-order valence-corrected chi connectivity index (χ3v) is 3.95. The summed E-state index contributed by atoms with van der Waals surface area (Å²) in [6.45, 7) is 0. The van der Waals surface area contributed by atoms with Gasteiger partial charge in [-0.2, -0.15) is 10.2 Å². The Morgan fingerprint density at radius 1 is 0.417 bits per heavy atom. The summed E-state index contributed by atoms with van der Waals surface area (Å²) in [6, 6.07) is 14.7. The Bertz CT molecular complexity index is 1160. The molecule has 0 spiro atoms. The number of hydrogen-bond donors (Lipinski definition) is 8. The van der Waals surface area contributed by atoms with Crippen LogP contribution >= 0.6 is 0 Å². The highest BCUT2D eigenvalue weighted by Gasteiger charge is 2.06. The first kappa shape index (κ1) is 26.5. The van der Waals surface area contributed by atoms with Crippen LogP contribution in [0.3, 0.4) is 0 Å². The number of nitrogens with two attached hydrogens (primary N) is 8. The maximum Gasteiger partial charge on any atom is 0.211 e. The summed E-state index contributed by atoms with van der Waals surface area (Å²) in [5.74, 6) is -0.850. The van der Waals surface area contributed by atoms with Crippen LogP contribution in [0.4, 0.5) is 0 Å². The molecule has 0 saturated heterocycles. The average Bonchev–Trinajstić information content (AvgIpc) is 2.83. The van der Waals surface area contributed by atoms with E-state index in [-0.39, 0.29) is 23.8 Å². The van der Waals surface area contributed by atoms with E-state index in [9.17, 15) is 0 Å². The molecule has 2 rings (SSSR count). The van der Waals surface area contributed by atoms with Gasteiger partial charge in [-0.15, -0.1) is 30.6 Å². The lowest BCUT2D eigenvalue weighted by Crippen LogP contribution is -2.22. The molecule has 0 aliphatic heterocycles. The minimum absolute atomic E-state index is 0.208. The Morgan fingerprint density at radius 3 is 1.00 bits per heavy atom. The van der Waals surface area contributed by atoms with Crippen LogP contribution in [0.1, 0.15) is 11.1 Å². The second-order valence-corrected chi connectivity index (χ2v) is 6.71. The monoisotopic (exact) mass is 490 g/mol. The molecule has 0 bridgehead atoms. The first-order chi connectivity index (χ1) is 17.2. The molecular weight excluding hydrogens is 464 g/mol. The lowest BCUT2D eigenvalue weighted by Gasteiger charge is -2.06. The fraction of sp³-hybridized carbons (Fsp3) is 0. The zero-order chi connectivity index (χ0) is 26.5. The smallest absolute Gasteiger partial charge is 0.211 e. The molecule has 0 saturated carbocycles. The maximum absolute atomic E-state index is 5.36. The summed E-state index contributed by atoms with van der Waals surface area (Å²) in [6.07, 6.45) is 2.63. The van der Waals surface area contributed by atoms with Crippen molar-refractivity contribution in [2.24, 2.45) is 86.7 Å². The zero-order valence-electron chi connectivity index (χ0n) is 19.0. The van der Waals surface area contributed by atoms with Crippen LogP contribution in [0.2, 0.25) is 0 Å². The molecule has 0 radical (unpaired) electrons. The van der Waals surface area contributed by atoms with Gasteiger partial charge in [-0.05, 0) is 11.1 Å². The van der Waals surface area contributed by atoms with Gasteiger partial charge in [-0.25, -0.2) is 0 Å². The molecule has 0 aliphatic carbocycles. The van der Waals surface area contributed by atoms with Gasteiger partial charge in [0.15, 0.2) is 0 Å². The van der Waals surface area contributed by atoms with Crippen molar-refractivity contribution < 1.29 is 0 Å². The highest BCUT2D eigenvalue weighted by molar-refractivity contribution is 6.38. The molecule has 2 aromatic rings. The number of hydrogen-bond acceptors (Lipinski definition) is 8. The molecule has 0 aromatic heterocycles. The second kappa shape index (κ2) is 13.0. The Labute approximate surface area is 205 Å². The summed E-state index contributed by atoms with van der Waals surface area (Å²) in [7, 11) is 0. The van der Waals surface area contributed by atoms with Gasteiger partial charge in [0.05, 0.1) is 12.4 Å². The van der Waals surface area contributed by atoms with Crippen molar-refractivity contribution in [1.29, 1.82) is 0 Å². The largest absolute Gasteiger partial charge is 0.369 e. The SMILES string of the molecule is NC(N)=N/N=C(\C=N\N=C(N)N)c1ccc(-c2ccc(C(/C=N/N=C(N)N)=N\N=C(N)N)cc2)cc1. The molecule has 0 aliphatic rings. The molecule has 2 aromatic carbocycles. The van der Waals surface area contributed by atoms with E-state index in [2.05, 4.69) is 40.8 Å². The Kier molecular flexibility index (Phi) is 9.58. The second-order valence-electron chi connectivity index (χ2n) is 6.71. The van der Waals surface area contributed by atoms with Crippen molar-refractivity contribution in [3.63, 3.8) is 0 Å². The van der Waals surface area contributed by atoms with Gasteiger partial charge in [0.2, 0.25) is 23.8 Å². The summed E-state index contributed by atoms with van der Waals surface area (Å²) >= 11 is 0. The van der Waals surface area contributed by atoms with E-state index in [0.717, 1.165) is 11.1 Å². The Hall–Kier alpha value is -5.80. The van der Waals surface area contributed by atoms with E-state index in [4.69, 9.17) is 45.9 Å². The molecule has 16 nitrogen and oxygen atoms in total. The van der Waals surface area contributed by atoms with Crippen LogP contribution in [-0.2, 0) is 0 Å². The normalized spacial score (nSPS) is 11.8. The Balaban J connectivity index is 2.34. The van der Waals surface area contributed by atoms with E-state index < -0.39 is 0 Å². The van der Waals surface area contributed by atoms with Gasteiger partial charge in [0.1, 0.15) is 11.4 Å². The van der Waals surface area contributed by atoms with Gasteiger partial charge in [0, 0.05) is 11.1 Å². The van der Waals surface area contributed by atoms with E-state index in [0.29, 0.717) is 22.6 Å². The standard InChI is InChI=1S/C20H26N16/c21-17(22)33-29-9-15(31-35-19(25)26)13-5-1-11(2-6-13)12-3-7-14(8-4-12)16(32-36-20(27)28)10-30-34-18(23)24/h1-10H,(H4,21,22,33)(H4,23,24,34)(H4,25,26,35)(H4,27,28,36)/b29-9+,30-10+,31-15-,32-16+. The topological polar surface area (TPSA) is 307 Å². The van der Waals surface area contributed by atoms with Crippen molar-refractivity contribution in [3.05, 3.63) is 59.7 Å². The minimum atomic E-state index is -0.217. The lowest BCUT2D eigenvalue weighted by molar-refractivity contribution is 1.20. The first-order valence-electron chi connectivity index (χ1n) is 9.94. The molecule has 186 valence electrons. The molecule has 0 amide bonds. The fourth-order valence-corrected chi connectivity index (χ4v) is 2.51. The molecule has 0 unspecified atom stereocenters. The highest BCUT2D eigenvalue weighted by atomic mass is 15.3. The summed E-state index contributed by atoms with van der Waals surface area (Å²) in [5, 5.41) is 29.8. The highest BCUT2D eigenvalue weighted by Crippen LogP contribution is 2.21. The molecule has 16 N–H and O–H groups in total. The summed E-state index contributed by atoms with van der Waals surface area (Å²) in [4.78, 5) is 0. The number of guanidine groups is 4. The minimum Gasteiger partial charge on any atom is -0.369 e. The molecular formula is C20H26N16. The van der Waals surface area contributed by atoms with Crippen LogP contribution in [0.25, 0.3) is 11.1 Å². The summed E-state index contributed by atoms with van der Waals surface area (Å²) < 4.78 is 0. The van der Waals surface area contributed by atoms with Crippen LogP contribution in [0.15, 0.2) is 89.3 Å². The van der Waals surface area contributed by atoms with Crippen molar-refractivity contribution in [2.45, 2.75) is 0 Å². The third-order valence-electron chi connectivity index (χ3n) is 3.95. The number of benzene rings is 2. The summed E-state index contributed by atoms with van der Waals surface area (Å²) in [5.41, 5.74) is 46.3. The molecule has 0 fully saturated rings. The lowest BCUT2D eigenvalue weighted by atomic mass is 10.0. The van der Waals surface area contributed by atoms with Gasteiger partial charge in [-0.3, -0.25) is 0 Å². The molecule has 36 heavy (non-hydrogen) atoms. The average molecular weight is 491 g/mol. The van der Waals surface area contributed by atoms with Crippen molar-refractivity contribution in [3.8, 4) is 11.1 Å². The van der Waals surface area contributed by atoms with E-state index >= 15 is 0 Å². The molecule has 16 heteroatoms. The van der Waals surface area contributed by atoms with Gasteiger partial charge in [0.25, 0.3) is 0 Å². The first-order valence-corrected chi connectivity index (χ1v) is 9.94. The molecule has 0 atom stereocenters. The molecule has 0 heterocycles. The van der Waals surface area contributed by atoms with Crippen LogP contribution < -0.4 is 45.9 Å². The number of rotatable bonds is 9. The number of nitrogens with zero attached hydrogens (tertiary/aromatic N) is 8. The van der Waals surface area contributed by atoms with Gasteiger partial charge >= 0.3 is 0 Å². The zero-order valence-corrected chi connectivity index (χ0v) is 19.0. The van der Waals surface area contributed by atoms with Crippen molar-refractivity contribution in [1.82, 2.24) is 0 Å². The quantitative estimate of drug-likeness (QED) is 0.108.